The van der Waals surface area contributed by atoms with Crippen LogP contribution in [-0.4, -0.2) is 24.4 Å². The van der Waals surface area contributed by atoms with E-state index < -0.39 is 0 Å². The predicted octanol–water partition coefficient (Wildman–Crippen LogP) is 3.24. The summed E-state index contributed by atoms with van der Waals surface area (Å²) in [4.78, 5) is 0. The van der Waals surface area contributed by atoms with E-state index in [9.17, 15) is 5.11 Å². The van der Waals surface area contributed by atoms with Gasteiger partial charge >= 0.3 is 0 Å². The molecule has 2 fully saturated rings. The molecule has 2 aliphatic rings. The molecule has 1 heterocycles. The number of aliphatic hydroxyl groups excluding tert-OH is 1. The largest absolute Gasteiger partial charge is 0.396 e. The quantitative estimate of drug-likeness (QED) is 0.803. The average molecular weight is 240 g/mol. The Hall–Kier alpha value is -0.0800. The van der Waals surface area contributed by atoms with Crippen molar-refractivity contribution in [2.24, 2.45) is 23.2 Å². The molecule has 2 rings (SSSR count). The van der Waals surface area contributed by atoms with Crippen LogP contribution < -0.4 is 0 Å². The smallest absolute Gasteiger partial charge is 0.0654 e. The van der Waals surface area contributed by atoms with E-state index >= 15 is 0 Å². The number of ether oxygens (including phenoxy) is 1. The van der Waals surface area contributed by atoms with E-state index in [1.165, 1.54) is 25.7 Å². The van der Waals surface area contributed by atoms with Gasteiger partial charge in [-0.25, -0.2) is 0 Å². The van der Waals surface area contributed by atoms with Crippen molar-refractivity contribution in [2.45, 2.75) is 59.0 Å². The average Bonchev–Trinajstić information content (AvgIpc) is 2.76. The minimum absolute atomic E-state index is 0.309. The van der Waals surface area contributed by atoms with Crippen LogP contribution in [0.15, 0.2) is 0 Å². The van der Waals surface area contributed by atoms with Crippen molar-refractivity contribution >= 4 is 0 Å². The van der Waals surface area contributed by atoms with Crippen LogP contribution in [0.5, 0.6) is 0 Å². The zero-order valence-corrected chi connectivity index (χ0v) is 11.6. The van der Waals surface area contributed by atoms with E-state index in [0.29, 0.717) is 30.0 Å². The fraction of sp³-hybridized carbons (Fsp3) is 1.00. The third kappa shape index (κ3) is 3.03. The fourth-order valence-corrected chi connectivity index (χ4v) is 3.69. The second-order valence-corrected chi connectivity index (χ2v) is 7.04. The van der Waals surface area contributed by atoms with Gasteiger partial charge in [-0.2, -0.15) is 0 Å². The maximum atomic E-state index is 9.37. The summed E-state index contributed by atoms with van der Waals surface area (Å²) in [6, 6.07) is 0. The maximum Gasteiger partial charge on any atom is 0.0654 e. The van der Waals surface area contributed by atoms with Crippen LogP contribution >= 0.6 is 0 Å². The Labute approximate surface area is 106 Å². The summed E-state index contributed by atoms with van der Waals surface area (Å²) in [5, 5.41) is 9.37. The van der Waals surface area contributed by atoms with Gasteiger partial charge in [-0.3, -0.25) is 0 Å². The lowest BCUT2D eigenvalue weighted by molar-refractivity contribution is -0.000142. The Morgan fingerprint density at radius 3 is 2.24 bits per heavy atom. The van der Waals surface area contributed by atoms with Gasteiger partial charge in [0.2, 0.25) is 0 Å². The standard InChI is InChI=1S/C15H28O2/c1-15(2,3)13-6-4-11(5-7-13)14-12(10-16)8-9-17-14/h11-14,16H,4-10H2,1-3H3. The highest BCUT2D eigenvalue weighted by Gasteiger charge is 2.38. The SMILES string of the molecule is CC(C)(C)C1CCC(C2OCCC2CO)CC1. The first kappa shape index (κ1) is 13.4. The molecule has 0 aromatic carbocycles. The summed E-state index contributed by atoms with van der Waals surface area (Å²) in [6.45, 7) is 8.25. The summed E-state index contributed by atoms with van der Waals surface area (Å²) in [7, 11) is 0. The first-order valence-corrected chi connectivity index (χ1v) is 7.25. The van der Waals surface area contributed by atoms with Crippen molar-refractivity contribution in [3.63, 3.8) is 0 Å². The summed E-state index contributed by atoms with van der Waals surface area (Å²) < 4.78 is 5.86. The molecule has 0 aromatic rings. The minimum Gasteiger partial charge on any atom is -0.396 e. The Morgan fingerprint density at radius 1 is 1.06 bits per heavy atom. The highest BCUT2D eigenvalue weighted by molar-refractivity contribution is 4.88. The molecule has 1 aliphatic carbocycles. The molecule has 0 bridgehead atoms. The molecule has 1 saturated carbocycles. The Bertz CT molecular complexity index is 236. The van der Waals surface area contributed by atoms with E-state index in [1.54, 1.807) is 0 Å². The zero-order chi connectivity index (χ0) is 12.5. The Kier molecular flexibility index (Phi) is 4.14. The van der Waals surface area contributed by atoms with Crippen LogP contribution in [0.4, 0.5) is 0 Å². The molecule has 1 saturated heterocycles. The lowest BCUT2D eigenvalue weighted by Crippen LogP contribution is -2.34. The molecule has 2 unspecified atom stereocenters. The van der Waals surface area contributed by atoms with Gasteiger partial charge in [0.25, 0.3) is 0 Å². The van der Waals surface area contributed by atoms with E-state index in [-0.39, 0.29) is 0 Å². The van der Waals surface area contributed by atoms with Gasteiger partial charge in [-0.15, -0.1) is 0 Å². The molecule has 0 spiro atoms. The molecule has 0 aromatic heterocycles. The van der Waals surface area contributed by atoms with Crippen molar-refractivity contribution < 1.29 is 9.84 Å². The van der Waals surface area contributed by atoms with Crippen molar-refractivity contribution in [3.8, 4) is 0 Å². The van der Waals surface area contributed by atoms with E-state index in [2.05, 4.69) is 20.8 Å². The summed E-state index contributed by atoms with van der Waals surface area (Å²) in [5.74, 6) is 1.98. The third-order valence-electron chi connectivity index (χ3n) is 4.96. The van der Waals surface area contributed by atoms with Gasteiger partial charge in [0, 0.05) is 19.1 Å². The monoisotopic (exact) mass is 240 g/mol. The molecule has 100 valence electrons. The lowest BCUT2D eigenvalue weighted by atomic mass is 9.68. The highest BCUT2D eigenvalue weighted by atomic mass is 16.5. The molecule has 0 radical (unpaired) electrons. The molecular weight excluding hydrogens is 212 g/mol. The maximum absolute atomic E-state index is 9.37. The molecule has 2 nitrogen and oxygen atoms in total. The van der Waals surface area contributed by atoms with Gasteiger partial charge in [-0.05, 0) is 49.4 Å². The normalized spacial score (nSPS) is 39.5. The van der Waals surface area contributed by atoms with Crippen LogP contribution in [0.3, 0.4) is 0 Å². The second kappa shape index (κ2) is 5.27. The van der Waals surface area contributed by atoms with Gasteiger partial charge in [0.1, 0.15) is 0 Å². The molecule has 17 heavy (non-hydrogen) atoms. The topological polar surface area (TPSA) is 29.5 Å². The van der Waals surface area contributed by atoms with Crippen LogP contribution in [0.25, 0.3) is 0 Å². The summed E-state index contributed by atoms with van der Waals surface area (Å²) in [5.41, 5.74) is 0.456. The summed E-state index contributed by atoms with van der Waals surface area (Å²) in [6.07, 6.45) is 6.67. The van der Waals surface area contributed by atoms with Gasteiger partial charge in [0.15, 0.2) is 0 Å². The second-order valence-electron chi connectivity index (χ2n) is 7.04. The number of hydrogen-bond acceptors (Lipinski definition) is 2. The van der Waals surface area contributed by atoms with Crippen LogP contribution in [0.2, 0.25) is 0 Å². The minimum atomic E-state index is 0.309. The first-order valence-electron chi connectivity index (χ1n) is 7.25. The van der Waals surface area contributed by atoms with Crippen molar-refractivity contribution in [1.29, 1.82) is 0 Å². The fourth-order valence-electron chi connectivity index (χ4n) is 3.69. The number of aliphatic hydroxyl groups is 1. The Balaban J connectivity index is 1.86. The van der Waals surface area contributed by atoms with E-state index in [0.717, 1.165) is 18.9 Å². The van der Waals surface area contributed by atoms with Crippen LogP contribution in [-0.2, 0) is 4.74 Å². The molecule has 2 heteroatoms. The van der Waals surface area contributed by atoms with Gasteiger partial charge < -0.3 is 9.84 Å². The Morgan fingerprint density at radius 2 is 1.71 bits per heavy atom. The molecule has 2 atom stereocenters. The van der Waals surface area contributed by atoms with Crippen molar-refractivity contribution in [2.75, 3.05) is 13.2 Å². The highest BCUT2D eigenvalue weighted by Crippen LogP contribution is 2.43. The van der Waals surface area contributed by atoms with Crippen LogP contribution in [0, 0.1) is 23.2 Å². The van der Waals surface area contributed by atoms with Crippen LogP contribution in [0.1, 0.15) is 52.9 Å². The lowest BCUT2D eigenvalue weighted by Gasteiger charge is -2.39. The van der Waals surface area contributed by atoms with Crippen molar-refractivity contribution in [3.05, 3.63) is 0 Å². The first-order chi connectivity index (χ1) is 8.02. The molecule has 1 N–H and O–H groups in total. The molecule has 1 aliphatic heterocycles. The predicted molar refractivity (Wildman–Crippen MR) is 69.8 cm³/mol. The van der Waals surface area contributed by atoms with E-state index in [4.69, 9.17) is 4.74 Å². The van der Waals surface area contributed by atoms with Crippen molar-refractivity contribution in [1.82, 2.24) is 0 Å². The summed E-state index contributed by atoms with van der Waals surface area (Å²) >= 11 is 0. The van der Waals surface area contributed by atoms with Gasteiger partial charge in [-0.1, -0.05) is 20.8 Å². The molecule has 0 amide bonds. The zero-order valence-electron chi connectivity index (χ0n) is 11.6. The number of hydrogen-bond donors (Lipinski definition) is 1. The van der Waals surface area contributed by atoms with E-state index in [1.807, 2.05) is 0 Å². The third-order valence-corrected chi connectivity index (χ3v) is 4.96. The van der Waals surface area contributed by atoms with Gasteiger partial charge in [0.05, 0.1) is 6.10 Å². The number of rotatable bonds is 2. The molecular formula is C15H28O2.